The van der Waals surface area contributed by atoms with E-state index in [1.807, 2.05) is 18.4 Å². The maximum atomic E-state index is 14.1. The van der Waals surface area contributed by atoms with E-state index in [9.17, 15) is 40.7 Å². The van der Waals surface area contributed by atoms with Crippen LogP contribution in [0.4, 0.5) is 31.1 Å². The molecule has 2 aliphatic heterocycles. The van der Waals surface area contributed by atoms with Crippen LogP contribution in [0.2, 0.25) is 0 Å². The van der Waals surface area contributed by atoms with Gasteiger partial charge in [-0.3, -0.25) is 14.5 Å². The number of hydrogen-bond acceptors (Lipinski definition) is 5. The van der Waals surface area contributed by atoms with Gasteiger partial charge in [0, 0.05) is 17.6 Å². The normalized spacial score (nSPS) is 20.3. The second-order valence-electron chi connectivity index (χ2n) is 11.9. The fraction of sp³-hybridized carbons (Fsp3) is 0.531. The number of fused-ring (bicyclic) bond motifs is 1. The van der Waals surface area contributed by atoms with E-state index in [2.05, 4.69) is 21.7 Å². The number of amides is 3. The van der Waals surface area contributed by atoms with Crippen molar-refractivity contribution in [2.24, 2.45) is 5.92 Å². The van der Waals surface area contributed by atoms with Crippen LogP contribution in [-0.4, -0.2) is 83.0 Å². The zero-order valence-corrected chi connectivity index (χ0v) is 28.7. The molecule has 3 atom stereocenters. The monoisotopic (exact) mass is 767 g/mol. The third-order valence-corrected chi connectivity index (χ3v) is 9.64. The summed E-state index contributed by atoms with van der Waals surface area (Å²) in [7, 11) is 0. The Morgan fingerprint density at radius 2 is 1.58 bits per heavy atom. The van der Waals surface area contributed by atoms with Gasteiger partial charge in [0.1, 0.15) is 18.8 Å². The molecule has 2 aliphatic rings. The summed E-state index contributed by atoms with van der Waals surface area (Å²) in [5, 5.41) is 0. The van der Waals surface area contributed by atoms with Crippen LogP contribution in [0, 0.1) is 5.92 Å². The number of alkyl halides is 6. The lowest BCUT2D eigenvalue weighted by Gasteiger charge is -2.53. The molecule has 0 aromatic heterocycles. The van der Waals surface area contributed by atoms with Gasteiger partial charge in [0.15, 0.2) is 0 Å². The molecule has 2 fully saturated rings. The third kappa shape index (κ3) is 9.37. The van der Waals surface area contributed by atoms with Gasteiger partial charge in [-0.15, -0.1) is 0 Å². The van der Waals surface area contributed by atoms with E-state index in [0.29, 0.717) is 50.9 Å². The Labute approximate surface area is 287 Å². The standard InChI is InChI=1S/C32H37BrF6N4O4S/c1-48-12-4-11-41-18-27-42(30(46)47-19-21-14-23(31(34,35)36)16-24(15-21)32(37,38)39)17-22(13-20-6-8-25(33)9-7-20)28(44)43(27)26(29(41)45)5-2-3-10-40/h6-9,14-16,22,26-27H,2-5,10-13,17-19,40H2,1H3/p+1/t22-,26-,27+/m0/s1. The summed E-state index contributed by atoms with van der Waals surface area (Å²) in [5.74, 6) is -0.546. The summed E-state index contributed by atoms with van der Waals surface area (Å²) >= 11 is 4.99. The van der Waals surface area contributed by atoms with Gasteiger partial charge in [-0.2, -0.15) is 38.1 Å². The summed E-state index contributed by atoms with van der Waals surface area (Å²) in [6, 6.07) is 7.41. The van der Waals surface area contributed by atoms with Crippen LogP contribution in [0.5, 0.6) is 0 Å². The Morgan fingerprint density at radius 3 is 2.17 bits per heavy atom. The number of carbonyl (C=O) groups excluding carboxylic acids is 3. The molecule has 3 amide bonds. The number of benzene rings is 2. The molecule has 0 spiro atoms. The number of rotatable bonds is 12. The van der Waals surface area contributed by atoms with Crippen LogP contribution in [0.1, 0.15) is 47.9 Å². The fourth-order valence-corrected chi connectivity index (χ4v) is 6.75. The van der Waals surface area contributed by atoms with Crippen molar-refractivity contribution in [2.75, 3.05) is 38.2 Å². The molecular formula is C32H38BrF6N4O4S+. The molecule has 0 unspecified atom stereocenters. The van der Waals surface area contributed by atoms with Crippen LogP contribution in [0.15, 0.2) is 46.9 Å². The predicted octanol–water partition coefficient (Wildman–Crippen LogP) is 5.83. The SMILES string of the molecule is CSCCCN1C[C@@H]2N(C(=O)OCc3cc(C(F)(F)F)cc(C(F)(F)F)c3)C[C@H](Cc3ccc(Br)cc3)C(=O)N2[C@@H](CCCC[NH3+])C1=O. The molecule has 0 saturated carbocycles. The number of nitrogens with zero attached hydrogens (tertiary/aromatic N) is 3. The van der Waals surface area contributed by atoms with Crippen molar-refractivity contribution in [3.63, 3.8) is 0 Å². The number of unbranched alkanes of at least 4 members (excludes halogenated alkanes) is 1. The molecule has 3 N–H and O–H groups in total. The Bertz CT molecular complexity index is 1410. The number of piperazine rings is 1. The van der Waals surface area contributed by atoms with E-state index >= 15 is 0 Å². The molecular weight excluding hydrogens is 730 g/mol. The number of hydrogen-bond donors (Lipinski definition) is 1. The molecule has 0 aliphatic carbocycles. The van der Waals surface area contributed by atoms with Gasteiger partial charge in [0.25, 0.3) is 0 Å². The van der Waals surface area contributed by atoms with Crippen LogP contribution in [0.25, 0.3) is 0 Å². The zero-order valence-electron chi connectivity index (χ0n) is 26.3. The average Bonchev–Trinajstić information content (AvgIpc) is 3.03. The molecule has 48 heavy (non-hydrogen) atoms. The Balaban J connectivity index is 1.67. The van der Waals surface area contributed by atoms with Crippen molar-refractivity contribution in [3.05, 3.63) is 69.2 Å². The lowest BCUT2D eigenvalue weighted by atomic mass is 9.90. The minimum atomic E-state index is -5.06. The highest BCUT2D eigenvalue weighted by Gasteiger charge is 2.51. The number of carbonyl (C=O) groups is 3. The quantitative estimate of drug-likeness (QED) is 0.217. The molecule has 16 heteroatoms. The average molecular weight is 769 g/mol. The summed E-state index contributed by atoms with van der Waals surface area (Å²) in [6.45, 7) is 0.0196. The molecule has 2 aromatic carbocycles. The summed E-state index contributed by atoms with van der Waals surface area (Å²) in [4.78, 5) is 46.1. The van der Waals surface area contributed by atoms with Gasteiger partial charge in [-0.25, -0.2) is 4.79 Å². The van der Waals surface area contributed by atoms with Gasteiger partial charge < -0.3 is 20.3 Å². The van der Waals surface area contributed by atoms with Gasteiger partial charge >= 0.3 is 18.4 Å². The number of halogens is 7. The minimum Gasteiger partial charge on any atom is -0.444 e. The first kappa shape index (κ1) is 37.8. The van der Waals surface area contributed by atoms with Crippen molar-refractivity contribution in [1.82, 2.24) is 14.7 Å². The van der Waals surface area contributed by atoms with Crippen molar-refractivity contribution in [2.45, 2.75) is 63.3 Å². The number of thioether (sulfide) groups is 1. The topological polar surface area (TPSA) is 97.8 Å². The van der Waals surface area contributed by atoms with E-state index in [0.717, 1.165) is 15.8 Å². The molecule has 2 saturated heterocycles. The van der Waals surface area contributed by atoms with Crippen molar-refractivity contribution < 1.29 is 51.2 Å². The van der Waals surface area contributed by atoms with E-state index in [1.165, 1.54) is 9.80 Å². The van der Waals surface area contributed by atoms with Crippen molar-refractivity contribution in [3.8, 4) is 0 Å². The second kappa shape index (κ2) is 16.2. The summed E-state index contributed by atoms with van der Waals surface area (Å²) < 4.78 is 87.0. The molecule has 264 valence electrons. The Morgan fingerprint density at radius 1 is 0.938 bits per heavy atom. The van der Waals surface area contributed by atoms with Crippen molar-refractivity contribution in [1.29, 1.82) is 0 Å². The maximum Gasteiger partial charge on any atom is 0.416 e. The highest BCUT2D eigenvalue weighted by Crippen LogP contribution is 2.37. The molecule has 0 bridgehead atoms. The molecule has 8 nitrogen and oxygen atoms in total. The predicted molar refractivity (Wildman–Crippen MR) is 170 cm³/mol. The number of ether oxygens (including phenoxy) is 1. The highest BCUT2D eigenvalue weighted by molar-refractivity contribution is 9.10. The van der Waals surface area contributed by atoms with Gasteiger partial charge in [-0.05, 0) is 85.6 Å². The van der Waals surface area contributed by atoms with E-state index < -0.39 is 59.9 Å². The smallest absolute Gasteiger partial charge is 0.416 e. The number of quaternary nitrogens is 1. The first-order valence-corrected chi connectivity index (χ1v) is 17.7. The van der Waals surface area contributed by atoms with Gasteiger partial charge in [-0.1, -0.05) is 28.1 Å². The van der Waals surface area contributed by atoms with Crippen LogP contribution in [0.3, 0.4) is 0 Å². The Kier molecular flexibility index (Phi) is 12.7. The maximum absolute atomic E-state index is 14.1. The van der Waals surface area contributed by atoms with Crippen LogP contribution in [-0.2, 0) is 39.7 Å². The van der Waals surface area contributed by atoms with Crippen LogP contribution < -0.4 is 5.73 Å². The third-order valence-electron chi connectivity index (χ3n) is 8.41. The summed E-state index contributed by atoms with van der Waals surface area (Å²) in [5.41, 5.74) is 1.11. The van der Waals surface area contributed by atoms with E-state index in [-0.39, 0.29) is 37.4 Å². The van der Waals surface area contributed by atoms with Crippen molar-refractivity contribution >= 4 is 45.6 Å². The van der Waals surface area contributed by atoms with Gasteiger partial charge in [0.05, 0.1) is 30.1 Å². The fourth-order valence-electron chi connectivity index (χ4n) is 6.07. The van der Waals surface area contributed by atoms with E-state index in [1.54, 1.807) is 28.8 Å². The lowest BCUT2D eigenvalue weighted by Crippen LogP contribution is -2.73. The van der Waals surface area contributed by atoms with E-state index in [4.69, 9.17) is 4.74 Å². The molecule has 2 heterocycles. The zero-order chi connectivity index (χ0) is 35.2. The molecule has 2 aromatic rings. The first-order valence-electron chi connectivity index (χ1n) is 15.5. The summed E-state index contributed by atoms with van der Waals surface area (Å²) in [6.07, 6.45) is -7.58. The van der Waals surface area contributed by atoms with Gasteiger partial charge in [0.2, 0.25) is 11.8 Å². The minimum absolute atomic E-state index is 0.00554. The first-order chi connectivity index (χ1) is 22.6. The second-order valence-corrected chi connectivity index (χ2v) is 13.8. The lowest BCUT2D eigenvalue weighted by molar-refractivity contribution is -0.368. The highest BCUT2D eigenvalue weighted by atomic mass is 79.9. The largest absolute Gasteiger partial charge is 0.444 e. The molecule has 4 rings (SSSR count). The van der Waals surface area contributed by atoms with Crippen LogP contribution >= 0.6 is 27.7 Å². The molecule has 0 radical (unpaired) electrons. The Hall–Kier alpha value is -2.98.